The van der Waals surface area contributed by atoms with E-state index in [-0.39, 0.29) is 101 Å². The summed E-state index contributed by atoms with van der Waals surface area (Å²) in [5.74, 6) is -5.51. The number of carbonyl (C=O) groups is 7. The molecule has 6 aromatic rings. The van der Waals surface area contributed by atoms with E-state index in [1.807, 2.05) is 12.1 Å². The quantitative estimate of drug-likeness (QED) is 0.00721. The Hall–Kier alpha value is -8.13. The third-order valence-electron chi connectivity index (χ3n) is 12.4. The zero-order chi connectivity index (χ0) is 59.1. The molecule has 19 nitrogen and oxygen atoms in total. The van der Waals surface area contributed by atoms with E-state index >= 15 is 0 Å². The topological polar surface area (TPSA) is 253 Å². The second-order valence-electron chi connectivity index (χ2n) is 18.9. The number of amides is 3. The summed E-state index contributed by atoms with van der Waals surface area (Å²) in [5, 5.41) is 10.5. The highest BCUT2D eigenvalue weighted by atomic mass is 35.5. The maximum atomic E-state index is 14.8. The van der Waals surface area contributed by atoms with Crippen LogP contribution in [0.2, 0.25) is 5.02 Å². The van der Waals surface area contributed by atoms with E-state index < -0.39 is 73.4 Å². The van der Waals surface area contributed by atoms with Crippen LogP contribution in [0.15, 0.2) is 164 Å². The van der Waals surface area contributed by atoms with Gasteiger partial charge in [-0.2, -0.15) is 4.39 Å². The Labute approximate surface area is 485 Å². The van der Waals surface area contributed by atoms with Crippen molar-refractivity contribution in [3.05, 3.63) is 203 Å². The lowest BCUT2D eigenvalue weighted by atomic mass is 10.1. The van der Waals surface area contributed by atoms with Crippen molar-refractivity contribution in [2.45, 2.75) is 109 Å². The number of carbonyl (C=O) groups excluding carboxylic acids is 7. The van der Waals surface area contributed by atoms with Crippen LogP contribution in [-0.2, 0) is 83.0 Å². The average Bonchev–Trinajstić information content (AvgIpc) is 3.57. The zero-order valence-corrected chi connectivity index (χ0v) is 47.2. The van der Waals surface area contributed by atoms with Crippen LogP contribution in [0.25, 0.3) is 0 Å². The van der Waals surface area contributed by atoms with Gasteiger partial charge in [0.2, 0.25) is 17.8 Å². The Morgan fingerprint density at radius 3 is 1.59 bits per heavy atom. The molecule has 0 fully saturated rings. The van der Waals surface area contributed by atoms with E-state index in [1.165, 1.54) is 6.07 Å². The predicted octanol–water partition coefficient (Wildman–Crippen LogP) is 9.61. The fraction of sp³-hybridized carbons (Fsp3) is 0.311. The van der Waals surface area contributed by atoms with E-state index in [0.717, 1.165) is 11.8 Å². The van der Waals surface area contributed by atoms with Gasteiger partial charge in [-0.25, -0.2) is 24.2 Å². The Kier molecular flexibility index (Phi) is 27.0. The summed E-state index contributed by atoms with van der Waals surface area (Å²) in [6.45, 7) is -0.575. The summed E-state index contributed by atoms with van der Waals surface area (Å²) < 4.78 is 62.4. The number of pyridine rings is 1. The first-order chi connectivity index (χ1) is 40.2. The highest BCUT2D eigenvalue weighted by Crippen LogP contribution is 2.46. The Balaban J connectivity index is 1.09. The summed E-state index contributed by atoms with van der Waals surface area (Å²) in [6.07, 6.45) is 1.19. The molecule has 438 valence electrons. The van der Waals surface area contributed by atoms with Crippen LogP contribution in [0.4, 0.5) is 4.39 Å². The average molecular weight is 1180 g/mol. The van der Waals surface area contributed by atoms with Crippen molar-refractivity contribution in [2.75, 3.05) is 13.2 Å². The lowest BCUT2D eigenvalue weighted by Gasteiger charge is -2.25. The SMILES string of the molecule is O=C(CCCCCNC(=O)c1cnc(F)c(Cl)c1)N[C@@H](CCC(=O)N[C@@H](CCCOP(=O)(N[C@@H](CCC(=O)OCc1ccccc1)C(=O)OCc1ccccc1)OCc1ccccc1)C(=O)Oc1ccccc1)C(=O)OCc1ccccc1. The standard InChI is InChI=1S/C61H66ClFN5O14P/c62-50-38-48(39-65-57(50)63)58(72)64-36-18-6-17-31-54(69)67-52(59(73)78-41-45-22-9-2-10-23-45)32-34-55(70)66-51(61(75)82-49-28-15-5-16-29-49)30-19-37-80-83(76,81-43-47-26-13-4-14-27-47)68-53(60(74)79-42-46-24-11-3-12-25-46)33-35-56(71)77-40-44-20-7-1-8-21-44/h1-5,7-16,20-29,38-39,51-53H,6,17-19,30-37,40-43H2,(H,64,72)(H,66,70)(H,67,69)(H,68,76)/t51-,52-,53-,83?/m0/s1. The van der Waals surface area contributed by atoms with E-state index in [4.69, 9.17) is 39.6 Å². The molecule has 0 aliphatic heterocycles. The number of unbranched alkanes of at least 4 members (excludes halogenated alkanes) is 2. The van der Waals surface area contributed by atoms with Gasteiger partial charge in [-0.05, 0) is 79.0 Å². The van der Waals surface area contributed by atoms with Crippen LogP contribution >= 0.6 is 19.3 Å². The number of hydrogen-bond acceptors (Lipinski definition) is 15. The minimum Gasteiger partial charge on any atom is -0.461 e. The molecule has 1 aromatic heterocycles. The molecule has 0 bridgehead atoms. The maximum absolute atomic E-state index is 14.8. The number of rotatable bonds is 35. The smallest absolute Gasteiger partial charge is 0.406 e. The summed E-state index contributed by atoms with van der Waals surface area (Å²) in [4.78, 5) is 97.1. The molecule has 5 aromatic carbocycles. The van der Waals surface area contributed by atoms with Crippen LogP contribution < -0.4 is 25.8 Å². The van der Waals surface area contributed by atoms with Gasteiger partial charge >= 0.3 is 31.6 Å². The van der Waals surface area contributed by atoms with Crippen LogP contribution in [0.5, 0.6) is 5.75 Å². The van der Waals surface area contributed by atoms with E-state index in [9.17, 15) is 42.5 Å². The van der Waals surface area contributed by atoms with Gasteiger partial charge in [0, 0.05) is 32.0 Å². The van der Waals surface area contributed by atoms with E-state index in [0.29, 0.717) is 36.0 Å². The molecule has 0 aliphatic carbocycles. The first kappa shape index (κ1) is 64.0. The van der Waals surface area contributed by atoms with Crippen molar-refractivity contribution in [3.63, 3.8) is 0 Å². The maximum Gasteiger partial charge on any atom is 0.406 e. The summed E-state index contributed by atoms with van der Waals surface area (Å²) in [5.41, 5.74) is 2.83. The molecule has 0 spiro atoms. The third-order valence-corrected chi connectivity index (χ3v) is 14.2. The molecule has 1 heterocycles. The molecule has 22 heteroatoms. The highest BCUT2D eigenvalue weighted by molar-refractivity contribution is 7.51. The normalized spacial score (nSPS) is 12.7. The summed E-state index contributed by atoms with van der Waals surface area (Å²) in [6, 6.07) is 40.8. The van der Waals surface area contributed by atoms with Gasteiger partial charge < -0.3 is 34.9 Å². The molecular formula is C61H66ClFN5O14P. The van der Waals surface area contributed by atoms with Gasteiger partial charge in [0.15, 0.2) is 0 Å². The molecule has 3 amide bonds. The van der Waals surface area contributed by atoms with Crippen molar-refractivity contribution >= 4 is 60.9 Å². The summed E-state index contributed by atoms with van der Waals surface area (Å²) in [7, 11) is -4.49. The molecule has 4 atom stereocenters. The fourth-order valence-corrected chi connectivity index (χ4v) is 9.59. The van der Waals surface area contributed by atoms with Gasteiger partial charge in [-0.15, -0.1) is 0 Å². The Bertz CT molecular complexity index is 3070. The molecule has 0 aliphatic rings. The first-order valence-electron chi connectivity index (χ1n) is 27.0. The van der Waals surface area contributed by atoms with Crippen molar-refractivity contribution < 1.29 is 70.5 Å². The van der Waals surface area contributed by atoms with Gasteiger partial charge in [-0.1, -0.05) is 158 Å². The largest absolute Gasteiger partial charge is 0.461 e. The molecule has 6 rings (SSSR count). The third kappa shape index (κ3) is 24.1. The number of ether oxygens (including phenoxy) is 4. The van der Waals surface area contributed by atoms with Crippen LogP contribution in [-0.4, -0.2) is 77.9 Å². The Morgan fingerprint density at radius 1 is 0.530 bits per heavy atom. The zero-order valence-electron chi connectivity index (χ0n) is 45.5. The molecule has 1 unspecified atom stereocenters. The molecule has 4 N–H and O–H groups in total. The number of hydrogen-bond donors (Lipinski definition) is 4. The number of nitrogens with zero attached hydrogens (tertiary/aromatic N) is 1. The van der Waals surface area contributed by atoms with Gasteiger partial charge in [0.25, 0.3) is 5.91 Å². The number of para-hydroxylation sites is 1. The lowest BCUT2D eigenvalue weighted by Crippen LogP contribution is -2.45. The van der Waals surface area contributed by atoms with Gasteiger partial charge in [-0.3, -0.25) is 33.0 Å². The Morgan fingerprint density at radius 2 is 1.02 bits per heavy atom. The van der Waals surface area contributed by atoms with Crippen molar-refractivity contribution in [2.24, 2.45) is 0 Å². The number of esters is 4. The second kappa shape index (κ2) is 35.0. The van der Waals surface area contributed by atoms with Crippen LogP contribution in [0.1, 0.15) is 96.8 Å². The lowest BCUT2D eigenvalue weighted by molar-refractivity contribution is -0.150. The summed E-state index contributed by atoms with van der Waals surface area (Å²) >= 11 is 5.74. The second-order valence-corrected chi connectivity index (χ2v) is 21.0. The van der Waals surface area contributed by atoms with Crippen molar-refractivity contribution in [1.82, 2.24) is 26.0 Å². The minimum absolute atomic E-state index is 0.00184. The fourth-order valence-electron chi connectivity index (χ4n) is 7.89. The van der Waals surface area contributed by atoms with Crippen LogP contribution in [0, 0.1) is 5.95 Å². The molecule has 0 radical (unpaired) electrons. The predicted molar refractivity (Wildman–Crippen MR) is 304 cm³/mol. The van der Waals surface area contributed by atoms with Crippen LogP contribution in [0.3, 0.4) is 0 Å². The molecular weight excluding hydrogens is 1110 g/mol. The molecule has 0 saturated carbocycles. The minimum atomic E-state index is -4.49. The first-order valence-corrected chi connectivity index (χ1v) is 28.9. The van der Waals surface area contributed by atoms with Gasteiger partial charge in [0.05, 0.1) is 23.8 Å². The van der Waals surface area contributed by atoms with Crippen molar-refractivity contribution in [3.8, 4) is 5.75 Å². The number of halogens is 2. The number of aromatic nitrogens is 1. The highest BCUT2D eigenvalue weighted by Gasteiger charge is 2.35. The molecule has 83 heavy (non-hydrogen) atoms. The molecule has 0 saturated heterocycles. The monoisotopic (exact) mass is 1180 g/mol. The van der Waals surface area contributed by atoms with E-state index in [1.54, 1.807) is 140 Å². The number of nitrogens with one attached hydrogen (secondary N) is 4. The van der Waals surface area contributed by atoms with Gasteiger partial charge in [0.1, 0.15) is 43.7 Å². The number of benzene rings is 5. The van der Waals surface area contributed by atoms with E-state index in [2.05, 4.69) is 26.0 Å². The van der Waals surface area contributed by atoms with Crippen molar-refractivity contribution in [1.29, 1.82) is 0 Å².